The van der Waals surface area contributed by atoms with E-state index >= 15 is 0 Å². The summed E-state index contributed by atoms with van der Waals surface area (Å²) in [4.78, 5) is 23.8. The highest BCUT2D eigenvalue weighted by Crippen LogP contribution is 2.32. The van der Waals surface area contributed by atoms with E-state index in [0.29, 0.717) is 16.3 Å². The summed E-state index contributed by atoms with van der Waals surface area (Å²) in [5, 5.41) is 5.30. The minimum atomic E-state index is -0.565. The van der Waals surface area contributed by atoms with Crippen molar-refractivity contribution >= 4 is 66.6 Å². The van der Waals surface area contributed by atoms with Crippen LogP contribution in [0.1, 0.15) is 9.67 Å². The van der Waals surface area contributed by atoms with Crippen molar-refractivity contribution in [3.8, 4) is 0 Å². The summed E-state index contributed by atoms with van der Waals surface area (Å²) in [6.45, 7) is 0. The highest BCUT2D eigenvalue weighted by molar-refractivity contribution is 9.13. The maximum Gasteiger partial charge on any atom is 0.411 e. The number of amides is 2. The minimum Gasteiger partial charge on any atom is -0.453 e. The van der Waals surface area contributed by atoms with Gasteiger partial charge in [-0.05, 0) is 56.1 Å². The van der Waals surface area contributed by atoms with Gasteiger partial charge in [0.25, 0.3) is 5.91 Å². The molecule has 0 bridgehead atoms. The smallest absolute Gasteiger partial charge is 0.411 e. The third-order valence-corrected chi connectivity index (χ3v) is 5.68. The molecule has 0 aliphatic carbocycles. The van der Waals surface area contributed by atoms with Crippen molar-refractivity contribution < 1.29 is 14.3 Å². The van der Waals surface area contributed by atoms with Gasteiger partial charge in [0.2, 0.25) is 0 Å². The van der Waals surface area contributed by atoms with Crippen LogP contribution in [0, 0.1) is 0 Å². The SMILES string of the molecule is COC(=O)Nc1cccc(NC(=O)c2cc(Br)c(Br)s2)c1. The molecule has 8 heteroatoms. The predicted octanol–water partition coefficient (Wildman–Crippen LogP) is 4.70. The van der Waals surface area contributed by atoms with Crippen LogP contribution in [0.25, 0.3) is 0 Å². The predicted molar refractivity (Wildman–Crippen MR) is 90.1 cm³/mol. The first-order chi connectivity index (χ1) is 9.99. The number of hydrogen-bond donors (Lipinski definition) is 2. The second kappa shape index (κ2) is 7.06. The van der Waals surface area contributed by atoms with Crippen LogP contribution in [0.3, 0.4) is 0 Å². The van der Waals surface area contributed by atoms with E-state index in [2.05, 4.69) is 47.2 Å². The molecule has 1 heterocycles. The number of halogens is 2. The molecule has 0 saturated heterocycles. The zero-order valence-electron chi connectivity index (χ0n) is 10.8. The summed E-state index contributed by atoms with van der Waals surface area (Å²) in [6.07, 6.45) is -0.565. The Morgan fingerprint density at radius 3 is 2.38 bits per heavy atom. The van der Waals surface area contributed by atoms with E-state index in [1.807, 2.05) is 0 Å². The van der Waals surface area contributed by atoms with Gasteiger partial charge in [0, 0.05) is 15.8 Å². The van der Waals surface area contributed by atoms with Crippen LogP contribution in [0.5, 0.6) is 0 Å². The fourth-order valence-corrected chi connectivity index (χ4v) is 3.43. The number of nitrogens with one attached hydrogen (secondary N) is 2. The number of methoxy groups -OCH3 is 1. The Kier molecular flexibility index (Phi) is 5.38. The summed E-state index contributed by atoms with van der Waals surface area (Å²) in [7, 11) is 1.29. The largest absolute Gasteiger partial charge is 0.453 e. The van der Waals surface area contributed by atoms with Crippen molar-refractivity contribution in [2.24, 2.45) is 0 Å². The lowest BCUT2D eigenvalue weighted by atomic mass is 10.2. The molecule has 2 rings (SSSR count). The molecule has 2 N–H and O–H groups in total. The van der Waals surface area contributed by atoms with Crippen LogP contribution in [0.2, 0.25) is 0 Å². The van der Waals surface area contributed by atoms with Crippen molar-refractivity contribution in [3.05, 3.63) is 43.5 Å². The summed E-state index contributed by atoms with van der Waals surface area (Å²) >= 11 is 8.01. The van der Waals surface area contributed by atoms with Crippen molar-refractivity contribution in [2.45, 2.75) is 0 Å². The highest BCUT2D eigenvalue weighted by atomic mass is 79.9. The van der Waals surface area contributed by atoms with Gasteiger partial charge in [-0.3, -0.25) is 10.1 Å². The second-order valence-electron chi connectivity index (χ2n) is 3.88. The lowest BCUT2D eigenvalue weighted by molar-refractivity contribution is 0.103. The minimum absolute atomic E-state index is 0.221. The average molecular weight is 434 g/mol. The van der Waals surface area contributed by atoms with Crippen LogP contribution in [0.15, 0.2) is 38.6 Å². The number of ether oxygens (including phenoxy) is 1. The topological polar surface area (TPSA) is 67.4 Å². The molecule has 0 atom stereocenters. The van der Waals surface area contributed by atoms with Crippen molar-refractivity contribution in [1.82, 2.24) is 0 Å². The number of carbonyl (C=O) groups excluding carboxylic acids is 2. The molecule has 5 nitrogen and oxygen atoms in total. The first-order valence-electron chi connectivity index (χ1n) is 5.71. The summed E-state index contributed by atoms with van der Waals surface area (Å²) in [5.74, 6) is -0.221. The molecule has 2 amide bonds. The fraction of sp³-hybridized carbons (Fsp3) is 0.0769. The molecule has 21 heavy (non-hydrogen) atoms. The summed E-state index contributed by atoms with van der Waals surface area (Å²) in [5.41, 5.74) is 1.11. The van der Waals surface area contributed by atoms with Gasteiger partial charge >= 0.3 is 6.09 Å². The van der Waals surface area contributed by atoms with Gasteiger partial charge in [-0.25, -0.2) is 4.79 Å². The van der Waals surface area contributed by atoms with Crippen LogP contribution in [-0.2, 0) is 4.74 Å². The molecular weight excluding hydrogens is 424 g/mol. The van der Waals surface area contributed by atoms with Gasteiger partial charge in [-0.15, -0.1) is 11.3 Å². The van der Waals surface area contributed by atoms with E-state index in [-0.39, 0.29) is 5.91 Å². The van der Waals surface area contributed by atoms with Gasteiger partial charge in [0.05, 0.1) is 15.8 Å². The molecule has 0 saturated carbocycles. The molecule has 0 aliphatic heterocycles. The molecule has 0 aliphatic rings. The Balaban J connectivity index is 2.10. The molecule has 110 valence electrons. The summed E-state index contributed by atoms with van der Waals surface area (Å²) in [6, 6.07) is 8.54. The van der Waals surface area contributed by atoms with Gasteiger partial charge < -0.3 is 10.1 Å². The van der Waals surface area contributed by atoms with E-state index in [1.165, 1.54) is 18.4 Å². The number of anilines is 2. The Hall–Kier alpha value is -1.38. The van der Waals surface area contributed by atoms with Crippen molar-refractivity contribution in [3.63, 3.8) is 0 Å². The standard InChI is InChI=1S/C13H10Br2N2O3S/c1-20-13(19)17-8-4-2-3-7(5-8)16-12(18)10-6-9(14)11(15)21-10/h2-6H,1H3,(H,16,18)(H,17,19). The number of thiophene rings is 1. The number of benzene rings is 1. The van der Waals surface area contributed by atoms with Gasteiger partial charge in [-0.1, -0.05) is 6.07 Å². The Morgan fingerprint density at radius 1 is 1.14 bits per heavy atom. The maximum atomic E-state index is 12.1. The maximum absolute atomic E-state index is 12.1. The number of rotatable bonds is 3. The Labute approximate surface area is 141 Å². The molecule has 0 fully saturated rings. The van der Waals surface area contributed by atoms with Crippen LogP contribution in [0.4, 0.5) is 16.2 Å². The third-order valence-electron chi connectivity index (χ3n) is 2.42. The number of carbonyl (C=O) groups is 2. The fourth-order valence-electron chi connectivity index (χ4n) is 1.49. The third kappa shape index (κ3) is 4.29. The van der Waals surface area contributed by atoms with Crippen LogP contribution in [-0.4, -0.2) is 19.1 Å². The van der Waals surface area contributed by atoms with Crippen molar-refractivity contribution in [2.75, 3.05) is 17.7 Å². The molecule has 1 aromatic heterocycles. The first-order valence-corrected chi connectivity index (χ1v) is 8.11. The molecule has 0 unspecified atom stereocenters. The normalized spacial score (nSPS) is 10.0. The van der Waals surface area contributed by atoms with Crippen LogP contribution < -0.4 is 10.6 Å². The molecule has 0 spiro atoms. The quantitative estimate of drug-likeness (QED) is 0.736. The van der Waals surface area contributed by atoms with E-state index in [9.17, 15) is 9.59 Å². The lowest BCUT2D eigenvalue weighted by Crippen LogP contribution is -2.12. The monoisotopic (exact) mass is 432 g/mol. The molecule has 1 aromatic carbocycles. The summed E-state index contributed by atoms with van der Waals surface area (Å²) < 4.78 is 6.20. The zero-order valence-corrected chi connectivity index (χ0v) is 14.8. The average Bonchev–Trinajstić information content (AvgIpc) is 2.79. The molecular formula is C13H10Br2N2O3S. The Bertz CT molecular complexity index is 668. The second-order valence-corrected chi connectivity index (χ2v) is 7.11. The molecule has 0 radical (unpaired) electrons. The van der Waals surface area contributed by atoms with Gasteiger partial charge in [0.15, 0.2) is 0 Å². The van der Waals surface area contributed by atoms with E-state index in [1.54, 1.807) is 30.3 Å². The number of hydrogen-bond acceptors (Lipinski definition) is 4. The van der Waals surface area contributed by atoms with Gasteiger partial charge in [0.1, 0.15) is 0 Å². The first kappa shape index (κ1) is 16.0. The van der Waals surface area contributed by atoms with Crippen molar-refractivity contribution in [1.29, 1.82) is 0 Å². The van der Waals surface area contributed by atoms with E-state index in [4.69, 9.17) is 0 Å². The van der Waals surface area contributed by atoms with Gasteiger partial charge in [-0.2, -0.15) is 0 Å². The zero-order chi connectivity index (χ0) is 15.4. The highest BCUT2D eigenvalue weighted by Gasteiger charge is 2.12. The molecule has 2 aromatic rings. The lowest BCUT2D eigenvalue weighted by Gasteiger charge is -2.07. The van der Waals surface area contributed by atoms with E-state index in [0.717, 1.165) is 8.26 Å². The van der Waals surface area contributed by atoms with Crippen LogP contribution >= 0.6 is 43.2 Å². The Morgan fingerprint density at radius 2 is 1.81 bits per heavy atom. The van der Waals surface area contributed by atoms with E-state index < -0.39 is 6.09 Å².